The second kappa shape index (κ2) is 8.79. The molecular weight excluding hydrogens is 286 g/mol. The van der Waals surface area contributed by atoms with Crippen LogP contribution in [-0.4, -0.2) is 17.6 Å². The zero-order valence-electron chi connectivity index (χ0n) is 14.4. The Morgan fingerprint density at radius 1 is 1.35 bits per heavy atom. The maximum absolute atomic E-state index is 11.6. The minimum atomic E-state index is -0.317. The van der Waals surface area contributed by atoms with Crippen LogP contribution in [0.4, 0.5) is 0 Å². The lowest BCUT2D eigenvalue weighted by Gasteiger charge is -2.06. The van der Waals surface area contributed by atoms with E-state index in [1.54, 1.807) is 12.1 Å². The predicted molar refractivity (Wildman–Crippen MR) is 97.8 cm³/mol. The second-order valence-electron chi connectivity index (χ2n) is 4.92. The fourth-order valence-corrected chi connectivity index (χ4v) is 2.33. The molecule has 2 aromatic rings. The number of methoxy groups -OCH3 is 1. The smallest absolute Gasteiger partial charge is 0.337 e. The lowest BCUT2D eigenvalue weighted by Crippen LogP contribution is -2.01. The number of aromatic nitrogens is 1. The van der Waals surface area contributed by atoms with Gasteiger partial charge in [0.15, 0.2) is 0 Å². The molecule has 3 heteroatoms. The van der Waals surface area contributed by atoms with Crippen molar-refractivity contribution in [2.45, 2.75) is 27.3 Å². The summed E-state index contributed by atoms with van der Waals surface area (Å²) in [5.74, 6) is -0.317. The summed E-state index contributed by atoms with van der Waals surface area (Å²) in [5.41, 5.74) is 3.75. The van der Waals surface area contributed by atoms with Gasteiger partial charge < -0.3 is 9.30 Å². The summed E-state index contributed by atoms with van der Waals surface area (Å²) in [6.07, 6.45) is 7.61. The van der Waals surface area contributed by atoms with E-state index in [1.165, 1.54) is 7.11 Å². The first kappa shape index (κ1) is 18.5. The van der Waals surface area contributed by atoms with Crippen LogP contribution in [0.1, 0.15) is 29.8 Å². The highest BCUT2D eigenvalue weighted by atomic mass is 16.5. The van der Waals surface area contributed by atoms with Gasteiger partial charge >= 0.3 is 5.97 Å². The summed E-state index contributed by atoms with van der Waals surface area (Å²) in [6.45, 7) is 14.4. The number of hydrogen-bond donors (Lipinski definition) is 0. The highest BCUT2D eigenvalue weighted by Crippen LogP contribution is 2.23. The molecule has 23 heavy (non-hydrogen) atoms. The zero-order chi connectivity index (χ0) is 17.4. The van der Waals surface area contributed by atoms with Crippen LogP contribution >= 0.6 is 0 Å². The number of benzene rings is 1. The van der Waals surface area contributed by atoms with E-state index in [0.29, 0.717) is 12.1 Å². The molecule has 0 spiro atoms. The van der Waals surface area contributed by atoms with Crippen molar-refractivity contribution in [1.82, 2.24) is 4.57 Å². The molecule has 0 radical (unpaired) electrons. The molecule has 0 saturated heterocycles. The monoisotopic (exact) mass is 311 g/mol. The average Bonchev–Trinajstić information content (AvgIpc) is 2.89. The van der Waals surface area contributed by atoms with Crippen molar-refractivity contribution >= 4 is 16.9 Å². The van der Waals surface area contributed by atoms with Crippen LogP contribution < -0.4 is 0 Å². The van der Waals surface area contributed by atoms with E-state index in [4.69, 9.17) is 4.74 Å². The van der Waals surface area contributed by atoms with E-state index >= 15 is 0 Å². The van der Waals surface area contributed by atoms with E-state index < -0.39 is 0 Å². The van der Waals surface area contributed by atoms with Crippen LogP contribution in [0.25, 0.3) is 10.9 Å². The Morgan fingerprint density at radius 3 is 2.65 bits per heavy atom. The molecule has 0 saturated carbocycles. The Bertz CT molecular complexity index is 735. The molecule has 1 heterocycles. The van der Waals surface area contributed by atoms with Crippen LogP contribution in [0.5, 0.6) is 0 Å². The van der Waals surface area contributed by atoms with Gasteiger partial charge in [-0.05, 0) is 36.3 Å². The molecule has 0 aliphatic carbocycles. The van der Waals surface area contributed by atoms with Gasteiger partial charge in [0, 0.05) is 23.6 Å². The number of carbonyl (C=O) groups excluding carboxylic acids is 1. The van der Waals surface area contributed by atoms with Crippen molar-refractivity contribution in [3.63, 3.8) is 0 Å². The van der Waals surface area contributed by atoms with E-state index in [1.807, 2.05) is 45.1 Å². The minimum Gasteiger partial charge on any atom is -0.465 e. The highest BCUT2D eigenvalue weighted by molar-refractivity contribution is 5.95. The molecule has 3 nitrogen and oxygen atoms in total. The number of ether oxygens (including phenoxy) is 1. The van der Waals surface area contributed by atoms with Crippen LogP contribution in [0.2, 0.25) is 0 Å². The fraction of sp³-hybridized carbons (Fsp3) is 0.250. The number of aryl methyl sites for hydroxylation is 1. The maximum atomic E-state index is 11.6. The van der Waals surface area contributed by atoms with Gasteiger partial charge in [0.2, 0.25) is 0 Å². The number of allylic oxidation sites excluding steroid dienone is 4. The van der Waals surface area contributed by atoms with Crippen molar-refractivity contribution in [3.8, 4) is 0 Å². The molecule has 0 aliphatic heterocycles. The van der Waals surface area contributed by atoms with E-state index in [-0.39, 0.29) is 5.97 Å². The zero-order valence-corrected chi connectivity index (χ0v) is 14.4. The second-order valence-corrected chi connectivity index (χ2v) is 4.92. The molecule has 1 aromatic carbocycles. The topological polar surface area (TPSA) is 31.2 Å². The molecule has 0 N–H and O–H groups in total. The number of nitrogens with zero attached hydrogens (tertiary/aromatic N) is 1. The Morgan fingerprint density at radius 2 is 2.04 bits per heavy atom. The van der Waals surface area contributed by atoms with Crippen LogP contribution in [0.15, 0.2) is 61.4 Å². The fourth-order valence-electron chi connectivity index (χ4n) is 2.33. The Balaban J connectivity index is 0.00000127. The van der Waals surface area contributed by atoms with Gasteiger partial charge in [-0.1, -0.05) is 45.2 Å². The van der Waals surface area contributed by atoms with E-state index in [0.717, 1.165) is 22.0 Å². The number of fused-ring (bicyclic) bond motifs is 1. The highest BCUT2D eigenvalue weighted by Gasteiger charge is 2.10. The molecule has 122 valence electrons. The Hall–Kier alpha value is -2.55. The summed E-state index contributed by atoms with van der Waals surface area (Å²) in [4.78, 5) is 11.6. The van der Waals surface area contributed by atoms with Crippen molar-refractivity contribution in [2.24, 2.45) is 0 Å². The minimum absolute atomic E-state index is 0.317. The van der Waals surface area contributed by atoms with Gasteiger partial charge in [-0.15, -0.1) is 0 Å². The van der Waals surface area contributed by atoms with Gasteiger partial charge in [0.25, 0.3) is 0 Å². The normalized spacial score (nSPS) is 10.3. The van der Waals surface area contributed by atoms with Gasteiger partial charge in [0.05, 0.1) is 12.7 Å². The lowest BCUT2D eigenvalue weighted by atomic mass is 10.1. The molecule has 0 aliphatic rings. The van der Waals surface area contributed by atoms with Crippen molar-refractivity contribution in [3.05, 3.63) is 72.5 Å². The first-order valence-corrected chi connectivity index (χ1v) is 7.71. The largest absolute Gasteiger partial charge is 0.465 e. The standard InChI is InChI=1S/C18H19NO2.C2H6/c1-5-6-7-13(2)11-19-12-14(3)16-10-15(18(20)21-4)8-9-17(16)19;1-2/h5-10,12H,1-2,11H2,3-4H3;1-2H3/b7-6-;. The molecular formula is C20H25NO2. The summed E-state index contributed by atoms with van der Waals surface area (Å²) in [7, 11) is 1.39. The van der Waals surface area contributed by atoms with Crippen molar-refractivity contribution in [2.75, 3.05) is 7.11 Å². The number of rotatable bonds is 5. The molecule has 0 atom stereocenters. The third-order valence-electron chi connectivity index (χ3n) is 3.34. The van der Waals surface area contributed by atoms with Crippen LogP contribution in [-0.2, 0) is 11.3 Å². The van der Waals surface area contributed by atoms with Crippen molar-refractivity contribution < 1.29 is 9.53 Å². The number of hydrogen-bond acceptors (Lipinski definition) is 2. The SMILES string of the molecule is C=C/C=C\C(=C)Cn1cc(C)c2cc(C(=O)OC)ccc21.CC. The molecule has 2 rings (SSSR count). The Labute approximate surface area is 138 Å². The number of carbonyl (C=O) groups is 1. The van der Waals surface area contributed by atoms with Gasteiger partial charge in [-0.2, -0.15) is 0 Å². The Kier molecular flexibility index (Phi) is 7.07. The van der Waals surface area contributed by atoms with E-state index in [9.17, 15) is 4.79 Å². The predicted octanol–water partition coefficient (Wildman–Crippen LogP) is 5.06. The van der Waals surface area contributed by atoms with Gasteiger partial charge in [-0.25, -0.2) is 4.79 Å². The average molecular weight is 311 g/mol. The summed E-state index contributed by atoms with van der Waals surface area (Å²) in [6, 6.07) is 5.60. The van der Waals surface area contributed by atoms with Gasteiger partial charge in [-0.3, -0.25) is 0 Å². The third kappa shape index (κ3) is 4.46. The molecule has 0 fully saturated rings. The summed E-state index contributed by atoms with van der Waals surface area (Å²) < 4.78 is 6.89. The summed E-state index contributed by atoms with van der Waals surface area (Å²) >= 11 is 0. The van der Waals surface area contributed by atoms with Crippen molar-refractivity contribution in [1.29, 1.82) is 0 Å². The van der Waals surface area contributed by atoms with Crippen LogP contribution in [0.3, 0.4) is 0 Å². The van der Waals surface area contributed by atoms with Gasteiger partial charge in [0.1, 0.15) is 0 Å². The number of esters is 1. The first-order chi connectivity index (χ1) is 11.1. The quantitative estimate of drug-likeness (QED) is 0.571. The van der Waals surface area contributed by atoms with Crippen LogP contribution in [0, 0.1) is 6.92 Å². The summed E-state index contributed by atoms with van der Waals surface area (Å²) in [5, 5.41) is 1.05. The van der Waals surface area contributed by atoms with E-state index in [2.05, 4.69) is 23.9 Å². The lowest BCUT2D eigenvalue weighted by molar-refractivity contribution is 0.0601. The first-order valence-electron chi connectivity index (χ1n) is 7.71. The molecule has 0 unspecified atom stereocenters. The molecule has 1 aromatic heterocycles. The third-order valence-corrected chi connectivity index (χ3v) is 3.34. The molecule has 0 amide bonds. The molecule has 0 bridgehead atoms. The maximum Gasteiger partial charge on any atom is 0.337 e.